The van der Waals surface area contributed by atoms with Crippen molar-refractivity contribution >= 4 is 40.0 Å². The van der Waals surface area contributed by atoms with E-state index >= 15 is 0 Å². The largest absolute Gasteiger partial charge is 0.399 e. The number of rotatable bonds is 2. The minimum atomic E-state index is 0.645. The quantitative estimate of drug-likeness (QED) is 0.621. The summed E-state index contributed by atoms with van der Waals surface area (Å²) < 4.78 is 0. The first-order chi connectivity index (χ1) is 9.11. The molecule has 1 heterocycles. The highest BCUT2D eigenvalue weighted by Gasteiger charge is 2.05. The molecule has 0 aliphatic heterocycles. The second-order valence-electron chi connectivity index (χ2n) is 4.47. The number of nitrogens with one attached hydrogen (secondary N) is 2. The van der Waals surface area contributed by atoms with Crippen LogP contribution in [0.3, 0.4) is 0 Å². The normalized spacial score (nSPS) is 10.8. The number of fused-ring (bicyclic) bond motifs is 1. The first kappa shape index (κ1) is 11.9. The highest BCUT2D eigenvalue weighted by Crippen LogP contribution is 2.26. The Hall–Kier alpha value is -2.20. The molecule has 0 spiro atoms. The van der Waals surface area contributed by atoms with E-state index in [2.05, 4.69) is 15.3 Å². The summed E-state index contributed by atoms with van der Waals surface area (Å²) in [5.41, 5.74) is 10.1. The summed E-state index contributed by atoms with van der Waals surface area (Å²) in [6.07, 6.45) is 0. The minimum Gasteiger partial charge on any atom is -0.399 e. The van der Waals surface area contributed by atoms with Crippen molar-refractivity contribution in [1.82, 2.24) is 9.97 Å². The van der Waals surface area contributed by atoms with Gasteiger partial charge < -0.3 is 16.0 Å². The van der Waals surface area contributed by atoms with E-state index in [0.717, 1.165) is 22.3 Å². The van der Waals surface area contributed by atoms with Gasteiger partial charge in [0, 0.05) is 5.69 Å². The highest BCUT2D eigenvalue weighted by molar-refractivity contribution is 6.33. The number of aryl methyl sites for hydroxylation is 1. The predicted octanol–water partition coefficient (Wildman–Crippen LogP) is 3.85. The highest BCUT2D eigenvalue weighted by atomic mass is 35.5. The van der Waals surface area contributed by atoms with Crippen molar-refractivity contribution in [2.45, 2.75) is 6.92 Å². The summed E-state index contributed by atoms with van der Waals surface area (Å²) in [6.45, 7) is 2.00. The topological polar surface area (TPSA) is 66.7 Å². The van der Waals surface area contributed by atoms with Gasteiger partial charge in [0.05, 0.1) is 21.7 Å². The molecule has 1 aromatic heterocycles. The minimum absolute atomic E-state index is 0.645. The van der Waals surface area contributed by atoms with Gasteiger partial charge in [-0.1, -0.05) is 17.7 Å². The van der Waals surface area contributed by atoms with E-state index in [1.54, 1.807) is 0 Å². The van der Waals surface area contributed by atoms with Crippen LogP contribution in [-0.2, 0) is 0 Å². The van der Waals surface area contributed by atoms with Crippen LogP contribution >= 0.6 is 11.6 Å². The fraction of sp³-hybridized carbons (Fsp3) is 0.0714. The van der Waals surface area contributed by atoms with Crippen molar-refractivity contribution in [3.8, 4) is 0 Å². The maximum absolute atomic E-state index is 6.18. The molecule has 0 saturated carbocycles. The number of hydrogen-bond acceptors (Lipinski definition) is 3. The lowest BCUT2D eigenvalue weighted by atomic mass is 10.2. The Morgan fingerprint density at radius 2 is 2.05 bits per heavy atom. The van der Waals surface area contributed by atoms with E-state index in [1.165, 1.54) is 0 Å². The Labute approximate surface area is 115 Å². The van der Waals surface area contributed by atoms with E-state index in [1.807, 2.05) is 43.3 Å². The smallest absolute Gasteiger partial charge is 0.205 e. The van der Waals surface area contributed by atoms with Crippen molar-refractivity contribution in [3.63, 3.8) is 0 Å². The van der Waals surface area contributed by atoms with Crippen LogP contribution in [0.4, 0.5) is 17.3 Å². The summed E-state index contributed by atoms with van der Waals surface area (Å²) in [4.78, 5) is 7.60. The number of aromatic nitrogens is 2. The number of halogens is 1. The van der Waals surface area contributed by atoms with E-state index in [-0.39, 0.29) is 0 Å². The molecule has 0 aliphatic rings. The second-order valence-corrected chi connectivity index (χ2v) is 4.88. The van der Waals surface area contributed by atoms with Crippen LogP contribution in [-0.4, -0.2) is 9.97 Å². The third-order valence-corrected chi connectivity index (χ3v) is 3.20. The van der Waals surface area contributed by atoms with Crippen LogP contribution in [0.2, 0.25) is 5.02 Å². The third-order valence-electron chi connectivity index (χ3n) is 2.88. The Morgan fingerprint density at radius 3 is 2.84 bits per heavy atom. The monoisotopic (exact) mass is 272 g/mol. The molecule has 0 amide bonds. The molecule has 0 aliphatic carbocycles. The molecule has 4 nitrogen and oxygen atoms in total. The molecule has 0 radical (unpaired) electrons. The van der Waals surface area contributed by atoms with Gasteiger partial charge in [0.1, 0.15) is 0 Å². The van der Waals surface area contributed by atoms with Gasteiger partial charge in [0.25, 0.3) is 0 Å². The average Bonchev–Trinajstić information content (AvgIpc) is 2.74. The molecule has 0 bridgehead atoms. The predicted molar refractivity (Wildman–Crippen MR) is 80.0 cm³/mol. The number of imidazole rings is 1. The summed E-state index contributed by atoms with van der Waals surface area (Å²) in [5, 5.41) is 3.84. The lowest BCUT2D eigenvalue weighted by molar-refractivity contribution is 1.31. The van der Waals surface area contributed by atoms with E-state index in [9.17, 15) is 0 Å². The molecule has 5 heteroatoms. The third kappa shape index (κ3) is 2.35. The number of aromatic amines is 1. The number of anilines is 3. The van der Waals surface area contributed by atoms with Gasteiger partial charge in [-0.15, -0.1) is 0 Å². The standard InChI is InChI=1S/C14H13ClN4/c1-8-2-4-11(10(15)6-8)17-14-18-12-5-3-9(16)7-13(12)19-14/h2-7H,16H2,1H3,(H2,17,18,19). The summed E-state index contributed by atoms with van der Waals surface area (Å²) in [7, 11) is 0. The first-order valence-electron chi connectivity index (χ1n) is 5.90. The fourth-order valence-corrected chi connectivity index (χ4v) is 2.22. The number of nitrogens with zero attached hydrogens (tertiary/aromatic N) is 1. The summed E-state index contributed by atoms with van der Waals surface area (Å²) in [5.74, 6) is 0.645. The fourth-order valence-electron chi connectivity index (χ4n) is 1.94. The van der Waals surface area contributed by atoms with Gasteiger partial charge >= 0.3 is 0 Å². The maximum Gasteiger partial charge on any atom is 0.205 e. The molecule has 3 aromatic rings. The number of nitrogen functional groups attached to an aromatic ring is 1. The zero-order valence-electron chi connectivity index (χ0n) is 10.4. The van der Waals surface area contributed by atoms with Gasteiger partial charge in [-0.3, -0.25) is 0 Å². The van der Waals surface area contributed by atoms with Gasteiger partial charge in [0.15, 0.2) is 0 Å². The van der Waals surface area contributed by atoms with Crippen molar-refractivity contribution in [2.24, 2.45) is 0 Å². The molecule has 0 fully saturated rings. The van der Waals surface area contributed by atoms with Gasteiger partial charge in [-0.2, -0.15) is 0 Å². The molecule has 96 valence electrons. The van der Waals surface area contributed by atoms with Crippen molar-refractivity contribution in [3.05, 3.63) is 47.0 Å². The second kappa shape index (κ2) is 4.48. The van der Waals surface area contributed by atoms with Crippen LogP contribution in [0.1, 0.15) is 5.56 Å². The van der Waals surface area contributed by atoms with Crippen LogP contribution in [0.15, 0.2) is 36.4 Å². The number of H-pyrrole nitrogens is 1. The van der Waals surface area contributed by atoms with Crippen molar-refractivity contribution < 1.29 is 0 Å². The van der Waals surface area contributed by atoms with Gasteiger partial charge in [0.2, 0.25) is 5.95 Å². The average molecular weight is 273 g/mol. The lowest BCUT2D eigenvalue weighted by Gasteiger charge is -2.05. The molecule has 2 aromatic carbocycles. The molecular formula is C14H13ClN4. The van der Waals surface area contributed by atoms with Crippen LogP contribution in [0, 0.1) is 6.92 Å². The zero-order chi connectivity index (χ0) is 13.4. The van der Waals surface area contributed by atoms with Crippen LogP contribution in [0.5, 0.6) is 0 Å². The SMILES string of the molecule is Cc1ccc(Nc2nc3ccc(N)cc3[nH]2)c(Cl)c1. The Kier molecular flexibility index (Phi) is 2.80. The van der Waals surface area contributed by atoms with Crippen LogP contribution < -0.4 is 11.1 Å². The number of benzene rings is 2. The first-order valence-corrected chi connectivity index (χ1v) is 6.28. The van der Waals surface area contributed by atoms with Gasteiger partial charge in [-0.05, 0) is 42.8 Å². The summed E-state index contributed by atoms with van der Waals surface area (Å²) >= 11 is 6.18. The Morgan fingerprint density at radius 1 is 1.21 bits per heavy atom. The molecular weight excluding hydrogens is 260 g/mol. The van der Waals surface area contributed by atoms with E-state index in [0.29, 0.717) is 16.7 Å². The lowest BCUT2D eigenvalue weighted by Crippen LogP contribution is -1.93. The van der Waals surface area contributed by atoms with E-state index < -0.39 is 0 Å². The van der Waals surface area contributed by atoms with E-state index in [4.69, 9.17) is 17.3 Å². The van der Waals surface area contributed by atoms with Crippen LogP contribution in [0.25, 0.3) is 11.0 Å². The summed E-state index contributed by atoms with van der Waals surface area (Å²) in [6, 6.07) is 11.4. The zero-order valence-corrected chi connectivity index (χ0v) is 11.1. The number of nitrogens with two attached hydrogens (primary N) is 1. The number of hydrogen-bond donors (Lipinski definition) is 3. The molecule has 0 saturated heterocycles. The van der Waals surface area contributed by atoms with Crippen molar-refractivity contribution in [1.29, 1.82) is 0 Å². The molecule has 0 atom stereocenters. The maximum atomic E-state index is 6.18. The Bertz CT molecular complexity index is 748. The molecule has 0 unspecified atom stereocenters. The Balaban J connectivity index is 1.96. The van der Waals surface area contributed by atoms with Gasteiger partial charge in [-0.25, -0.2) is 4.98 Å². The van der Waals surface area contributed by atoms with Crippen molar-refractivity contribution in [2.75, 3.05) is 11.1 Å². The molecule has 4 N–H and O–H groups in total. The molecule has 3 rings (SSSR count). The molecule has 19 heavy (non-hydrogen) atoms.